The molecule has 2 aromatic heterocycles. The fraction of sp³-hybridized carbons (Fsp3) is 0.182. The molecule has 0 aliphatic carbocycles. The van der Waals surface area contributed by atoms with Crippen LogP contribution in [0.2, 0.25) is 0 Å². The van der Waals surface area contributed by atoms with Crippen LogP contribution < -0.4 is 26.2 Å². The average molecular weight is 1510 g/mol. The molecule has 0 fully saturated rings. The molecule has 15 aromatic carbocycles. The van der Waals surface area contributed by atoms with Gasteiger partial charge in [0.2, 0.25) is 0 Å². The smallest absolute Gasteiger partial charge is 0.252 e. The molecule has 17 aromatic rings. The highest BCUT2D eigenvalue weighted by atomic mass is 32.1. The van der Waals surface area contributed by atoms with Gasteiger partial charge in [0.25, 0.3) is 6.71 Å². The number of para-hydroxylation sites is 1. The normalized spacial score (nSPS) is 14.8. The van der Waals surface area contributed by atoms with E-state index < -0.39 is 101 Å². The molecule has 0 N–H and O–H groups in total. The van der Waals surface area contributed by atoms with Crippen molar-refractivity contribution >= 4 is 111 Å². The summed E-state index contributed by atoms with van der Waals surface area (Å²) in [5, 5.41) is 2.05. The van der Waals surface area contributed by atoms with E-state index in [0.717, 1.165) is 145 Å². The highest BCUT2D eigenvalue weighted by Crippen LogP contribution is 2.57. The second kappa shape index (κ2) is 26.3. The van der Waals surface area contributed by atoms with Gasteiger partial charge in [-0.3, -0.25) is 0 Å². The Bertz CT molecular complexity index is 7580. The van der Waals surface area contributed by atoms with E-state index in [1.807, 2.05) is 6.07 Å². The molecule has 3 nitrogen and oxygen atoms in total. The van der Waals surface area contributed by atoms with Crippen LogP contribution in [0.25, 0.3) is 137 Å². The molecule has 20 rings (SSSR count). The van der Waals surface area contributed by atoms with E-state index in [-0.39, 0.29) is 38.1 Å². The first-order valence-electron chi connectivity index (χ1n) is 46.1. The molecule has 560 valence electrons. The number of fused-ring (bicyclic) bond motifs is 23. The molecule has 0 saturated carbocycles. The minimum Gasteiger partial charge on any atom is -0.310 e. The highest BCUT2D eigenvalue weighted by Gasteiger charge is 2.47. The maximum absolute atomic E-state index is 10.5. The van der Waals surface area contributed by atoms with Crippen molar-refractivity contribution in [3.8, 4) is 94.7 Å². The van der Waals surface area contributed by atoms with E-state index >= 15 is 0 Å². The van der Waals surface area contributed by atoms with Crippen molar-refractivity contribution in [2.75, 3.05) is 9.80 Å². The van der Waals surface area contributed by atoms with Crippen LogP contribution in [0.3, 0.4) is 0 Å². The topological polar surface area (TPSA) is 11.4 Å². The lowest BCUT2D eigenvalue weighted by Crippen LogP contribution is -2.61. The molecular weight excluding hydrogens is 1410 g/mol. The van der Waals surface area contributed by atoms with Crippen LogP contribution in [0.15, 0.2) is 309 Å². The molecular formula is C110H96BN3S. The van der Waals surface area contributed by atoms with Crippen molar-refractivity contribution in [2.24, 2.45) is 0 Å². The van der Waals surface area contributed by atoms with Gasteiger partial charge >= 0.3 is 0 Å². The minimum absolute atomic E-state index is 0.0776. The van der Waals surface area contributed by atoms with Crippen LogP contribution in [0.1, 0.15) is 148 Å². The molecule has 0 spiro atoms. The number of anilines is 6. The highest BCUT2D eigenvalue weighted by molar-refractivity contribution is 7.25. The Morgan fingerprint density at radius 1 is 0.278 bits per heavy atom. The third kappa shape index (κ3) is 12.1. The lowest BCUT2D eigenvalue weighted by Gasteiger charge is -2.47. The second-order valence-corrected chi connectivity index (χ2v) is 38.0. The van der Waals surface area contributed by atoms with Crippen molar-refractivity contribution in [3.63, 3.8) is 0 Å². The lowest BCUT2D eigenvalue weighted by molar-refractivity contribution is 0.569. The van der Waals surface area contributed by atoms with Crippen molar-refractivity contribution < 1.29 is 16.4 Å². The van der Waals surface area contributed by atoms with Crippen molar-refractivity contribution in [3.05, 3.63) is 337 Å². The molecule has 3 aliphatic heterocycles. The van der Waals surface area contributed by atoms with E-state index in [0.29, 0.717) is 11.4 Å². The van der Waals surface area contributed by atoms with Crippen LogP contribution in [0.4, 0.5) is 34.1 Å². The van der Waals surface area contributed by atoms with Crippen molar-refractivity contribution in [1.82, 2.24) is 4.57 Å². The first-order valence-corrected chi connectivity index (χ1v) is 41.0. The zero-order valence-corrected chi connectivity index (χ0v) is 68.7. The summed E-state index contributed by atoms with van der Waals surface area (Å²) in [6.07, 6.45) is 0. The average Bonchev–Trinajstić information content (AvgIpc) is 1.15. The van der Waals surface area contributed by atoms with Crippen LogP contribution in [-0.4, -0.2) is 11.3 Å². The first kappa shape index (κ1) is 59.7. The Balaban J connectivity index is 1.01. The molecule has 13 bridgehead atoms. The van der Waals surface area contributed by atoms with Gasteiger partial charge in [0.15, 0.2) is 0 Å². The Morgan fingerprint density at radius 2 is 0.696 bits per heavy atom. The predicted molar refractivity (Wildman–Crippen MR) is 498 cm³/mol. The second-order valence-electron chi connectivity index (χ2n) is 36.9. The van der Waals surface area contributed by atoms with E-state index in [4.69, 9.17) is 4.11 Å². The Hall–Kier alpha value is -12.0. The third-order valence-electron chi connectivity index (χ3n) is 24.1. The van der Waals surface area contributed by atoms with Crippen molar-refractivity contribution in [1.29, 1.82) is 0 Å². The fourth-order valence-corrected chi connectivity index (χ4v) is 18.8. The van der Waals surface area contributed by atoms with Gasteiger partial charge in [-0.25, -0.2) is 0 Å². The molecule has 115 heavy (non-hydrogen) atoms. The summed E-state index contributed by atoms with van der Waals surface area (Å²) >= 11 is 1.80. The number of benzene rings is 15. The number of nitrogens with zero attached hydrogens (tertiary/aromatic N) is 3. The quantitative estimate of drug-likeness (QED) is 0.159. The number of rotatable bonds is 5. The molecule has 0 atom stereocenters. The standard InChI is InChI=1S/C110H96BN3S/c1-106(2,3)79-53-78(54-80(59-79)107(4,5)6)75-41-46-93-97(58-75)113-99-64-83(110(13,14)15)65-100-103(99)111(93)94-47-45-84(112-95-40-26-25-39-85(95)90-55-72(42-48-96(90)112)67-29-19-16-20-30-67)66-98(94)114(100)105-87(69-33-23-18-24-34-69)61-82(109(10,11)12)63-89(105)77-38-28-36-71(52-77)74-44-50-102-92(57-74)91-56-73(43-49-101(91)115-102)70-35-27-37-76(51-70)88-62-81(108(7,8)9)60-86(104(88)113)68-31-21-17-22-32-68/h16-66H,1-15H3/i16D,19D,20D,25D,26D,29D,30D,39D,40D,42D,48D,55D. The molecule has 3 aliphatic rings. The maximum Gasteiger partial charge on any atom is 0.252 e. The summed E-state index contributed by atoms with van der Waals surface area (Å²) in [5.74, 6) is 0. The van der Waals surface area contributed by atoms with Gasteiger partial charge in [-0.1, -0.05) is 304 Å². The Morgan fingerprint density at radius 3 is 1.22 bits per heavy atom. The van der Waals surface area contributed by atoms with Gasteiger partial charge in [0.1, 0.15) is 0 Å². The summed E-state index contributed by atoms with van der Waals surface area (Å²) in [4.78, 5) is 5.09. The zero-order chi connectivity index (χ0) is 89.5. The monoisotopic (exact) mass is 1510 g/mol. The van der Waals surface area contributed by atoms with E-state index in [1.54, 1.807) is 15.9 Å². The maximum atomic E-state index is 10.5. The third-order valence-corrected chi connectivity index (χ3v) is 25.3. The largest absolute Gasteiger partial charge is 0.310 e. The van der Waals surface area contributed by atoms with Crippen LogP contribution >= 0.6 is 11.3 Å². The van der Waals surface area contributed by atoms with Gasteiger partial charge in [-0.05, 0) is 247 Å². The van der Waals surface area contributed by atoms with Gasteiger partial charge in [0, 0.05) is 81.6 Å². The van der Waals surface area contributed by atoms with Crippen LogP contribution in [0.5, 0.6) is 0 Å². The summed E-state index contributed by atoms with van der Waals surface area (Å²) in [7, 11) is 0. The van der Waals surface area contributed by atoms with Gasteiger partial charge < -0.3 is 14.4 Å². The molecule has 0 unspecified atom stereocenters. The number of hydrogen-bond donors (Lipinski definition) is 0. The van der Waals surface area contributed by atoms with Crippen LogP contribution in [0, 0.1) is 0 Å². The summed E-state index contributed by atoms with van der Waals surface area (Å²) < 4.78 is 119. The Labute approximate surface area is 699 Å². The number of hydrogen-bond acceptors (Lipinski definition) is 3. The van der Waals surface area contributed by atoms with E-state index in [1.165, 1.54) is 25.9 Å². The molecule has 0 amide bonds. The van der Waals surface area contributed by atoms with E-state index in [2.05, 4.69) is 344 Å². The molecule has 5 heteroatoms. The summed E-state index contributed by atoms with van der Waals surface area (Å²) in [6.45, 7) is 33.7. The molecule has 0 radical (unpaired) electrons. The number of thiophene rings is 1. The molecule has 0 saturated heterocycles. The SMILES string of the molecule is [2H]c1c([2H])c([2H])c(-c2c([2H])c([2H])c3c(c2[2H])c2c([2H])c([2H])c([2H])c([2H])c2n3-c2ccc3c(c2)N2c4cc(C(C)(C)C)cc5c4B3c3ccc(-c4cc(C(C)(C)C)cc(C(C)(C)C)c4)cc3N5c3c(-c4ccccc4)cc(C(C)(C)C)cc3-c3cccc(c3)-c3ccc4sc5ccc(cc5c4c3)-c3cccc(c3)-c3cc(C(C)(C)C)cc(-c4ccccc4)c32)c([2H])c1[2H]. The number of aromatic nitrogens is 1. The fourth-order valence-electron chi connectivity index (χ4n) is 17.7. The Kier molecular flexibility index (Phi) is 13.6. The zero-order valence-electron chi connectivity index (χ0n) is 79.8. The van der Waals surface area contributed by atoms with E-state index in [9.17, 15) is 12.3 Å². The van der Waals surface area contributed by atoms with Gasteiger partial charge in [-0.15, -0.1) is 11.3 Å². The lowest BCUT2D eigenvalue weighted by atomic mass is 9.33. The van der Waals surface area contributed by atoms with Crippen molar-refractivity contribution in [2.45, 2.75) is 131 Å². The summed E-state index contributed by atoms with van der Waals surface area (Å²) in [6, 6.07) is 81.1. The summed E-state index contributed by atoms with van der Waals surface area (Å²) in [5.41, 5.74) is 25.6. The molecule has 5 heterocycles. The van der Waals surface area contributed by atoms with Crippen LogP contribution in [-0.2, 0) is 27.1 Å². The first-order chi connectivity index (χ1) is 60.1. The van der Waals surface area contributed by atoms with Gasteiger partial charge in [0.05, 0.1) is 38.9 Å². The van der Waals surface area contributed by atoms with Gasteiger partial charge in [-0.2, -0.15) is 0 Å². The minimum atomic E-state index is -0.698. The predicted octanol–water partition coefficient (Wildman–Crippen LogP) is 29.4.